The molecule has 2 N–H and O–H groups in total. The van der Waals surface area contributed by atoms with Crippen LogP contribution in [-0.2, 0) is 0 Å². The number of halogens is 1. The van der Waals surface area contributed by atoms with Gasteiger partial charge < -0.3 is 10.4 Å². The average Bonchev–Trinajstić information content (AvgIpc) is 2.24. The second kappa shape index (κ2) is 6.89. The van der Waals surface area contributed by atoms with Crippen molar-refractivity contribution in [3.63, 3.8) is 0 Å². The Kier molecular flexibility index (Phi) is 5.81. The van der Waals surface area contributed by atoms with E-state index in [1.54, 1.807) is 0 Å². The molecule has 2 unspecified atom stereocenters. The molecule has 0 aromatic heterocycles. The molecule has 0 bridgehead atoms. The average molecular weight is 242 g/mol. The zero-order valence-corrected chi connectivity index (χ0v) is 10.7. The van der Waals surface area contributed by atoms with Crippen molar-refractivity contribution in [2.75, 3.05) is 6.54 Å². The third-order valence-electron chi connectivity index (χ3n) is 2.61. The number of hydrogen-bond donors (Lipinski definition) is 2. The van der Waals surface area contributed by atoms with Gasteiger partial charge in [0.25, 0.3) is 0 Å². The molecule has 90 valence electrons. The van der Waals surface area contributed by atoms with Gasteiger partial charge in [-0.2, -0.15) is 0 Å². The van der Waals surface area contributed by atoms with Crippen molar-refractivity contribution < 1.29 is 5.11 Å². The van der Waals surface area contributed by atoms with Gasteiger partial charge in [-0.25, -0.2) is 0 Å². The number of hydrogen-bond acceptors (Lipinski definition) is 2. The van der Waals surface area contributed by atoms with Crippen LogP contribution in [0, 0.1) is 0 Å². The Morgan fingerprint density at radius 2 is 2.19 bits per heavy atom. The van der Waals surface area contributed by atoms with E-state index in [-0.39, 0.29) is 6.10 Å². The molecular formula is C13H20ClNO. The predicted molar refractivity (Wildman–Crippen MR) is 68.8 cm³/mol. The van der Waals surface area contributed by atoms with Crippen molar-refractivity contribution in [2.24, 2.45) is 0 Å². The molecule has 3 heteroatoms. The molecule has 2 atom stereocenters. The maximum absolute atomic E-state index is 9.19. The van der Waals surface area contributed by atoms with Gasteiger partial charge in [0.1, 0.15) is 0 Å². The Morgan fingerprint density at radius 1 is 1.44 bits per heavy atom. The first-order valence-electron chi connectivity index (χ1n) is 5.80. The van der Waals surface area contributed by atoms with E-state index in [2.05, 4.69) is 18.3 Å². The van der Waals surface area contributed by atoms with Gasteiger partial charge in [-0.1, -0.05) is 30.7 Å². The molecule has 0 aliphatic rings. The van der Waals surface area contributed by atoms with Crippen molar-refractivity contribution in [3.05, 3.63) is 34.9 Å². The molecule has 1 rings (SSSR count). The maximum Gasteiger partial charge on any atom is 0.0524 e. The van der Waals surface area contributed by atoms with Gasteiger partial charge in [0.05, 0.1) is 6.10 Å². The minimum atomic E-state index is -0.246. The summed E-state index contributed by atoms with van der Waals surface area (Å²) in [6.07, 6.45) is 1.54. The van der Waals surface area contributed by atoms with Gasteiger partial charge in [0.2, 0.25) is 0 Å². The summed E-state index contributed by atoms with van der Waals surface area (Å²) >= 11 is 5.96. The summed E-state index contributed by atoms with van der Waals surface area (Å²) in [6.45, 7) is 4.77. The lowest BCUT2D eigenvalue weighted by Crippen LogP contribution is -2.24. The first-order valence-corrected chi connectivity index (χ1v) is 6.18. The number of aliphatic hydroxyl groups is 1. The number of rotatable bonds is 6. The van der Waals surface area contributed by atoms with Gasteiger partial charge in [-0.05, 0) is 44.0 Å². The standard InChI is InChI=1S/C13H20ClNO/c1-3-13(15-8-7-10(2)16)11-5-4-6-12(14)9-11/h4-6,9-10,13,15-16H,3,7-8H2,1-2H3. The Hall–Kier alpha value is -0.570. The lowest BCUT2D eigenvalue weighted by atomic mass is 10.0. The minimum Gasteiger partial charge on any atom is -0.393 e. The highest BCUT2D eigenvalue weighted by molar-refractivity contribution is 6.30. The van der Waals surface area contributed by atoms with Crippen molar-refractivity contribution in [1.29, 1.82) is 0 Å². The zero-order chi connectivity index (χ0) is 12.0. The lowest BCUT2D eigenvalue weighted by molar-refractivity contribution is 0.182. The van der Waals surface area contributed by atoms with E-state index in [1.807, 2.05) is 25.1 Å². The molecule has 16 heavy (non-hydrogen) atoms. The molecule has 0 heterocycles. The van der Waals surface area contributed by atoms with Crippen LogP contribution < -0.4 is 5.32 Å². The van der Waals surface area contributed by atoms with Crippen molar-refractivity contribution >= 4 is 11.6 Å². The highest BCUT2D eigenvalue weighted by Crippen LogP contribution is 2.20. The summed E-state index contributed by atoms with van der Waals surface area (Å²) < 4.78 is 0. The Morgan fingerprint density at radius 3 is 2.75 bits per heavy atom. The molecule has 1 aromatic carbocycles. The van der Waals surface area contributed by atoms with Crippen LogP contribution in [0.5, 0.6) is 0 Å². The molecule has 0 saturated heterocycles. The second-order valence-electron chi connectivity index (χ2n) is 4.11. The van der Waals surface area contributed by atoms with Crippen molar-refractivity contribution in [3.8, 4) is 0 Å². The normalized spacial score (nSPS) is 14.8. The summed E-state index contributed by atoms with van der Waals surface area (Å²) in [7, 11) is 0. The predicted octanol–water partition coefficient (Wildman–Crippen LogP) is 3.15. The van der Waals surface area contributed by atoms with Crippen LogP contribution in [0.15, 0.2) is 24.3 Å². The second-order valence-corrected chi connectivity index (χ2v) is 4.54. The van der Waals surface area contributed by atoms with Crippen LogP contribution >= 0.6 is 11.6 Å². The number of benzene rings is 1. The molecular weight excluding hydrogens is 222 g/mol. The summed E-state index contributed by atoms with van der Waals surface area (Å²) in [6, 6.07) is 8.24. The van der Waals surface area contributed by atoms with E-state index in [9.17, 15) is 5.11 Å². The summed E-state index contributed by atoms with van der Waals surface area (Å²) in [4.78, 5) is 0. The summed E-state index contributed by atoms with van der Waals surface area (Å²) in [5.74, 6) is 0. The van der Waals surface area contributed by atoms with E-state index in [0.29, 0.717) is 6.04 Å². The van der Waals surface area contributed by atoms with Gasteiger partial charge in [0.15, 0.2) is 0 Å². The van der Waals surface area contributed by atoms with Gasteiger partial charge >= 0.3 is 0 Å². The monoisotopic (exact) mass is 241 g/mol. The maximum atomic E-state index is 9.19. The smallest absolute Gasteiger partial charge is 0.0524 e. The topological polar surface area (TPSA) is 32.3 Å². The van der Waals surface area contributed by atoms with E-state index in [1.165, 1.54) is 5.56 Å². The molecule has 0 aliphatic carbocycles. The van der Waals surface area contributed by atoms with Crippen LogP contribution in [0.25, 0.3) is 0 Å². The molecule has 0 amide bonds. The van der Waals surface area contributed by atoms with Crippen LogP contribution in [0.1, 0.15) is 38.3 Å². The van der Waals surface area contributed by atoms with Crippen molar-refractivity contribution in [2.45, 2.75) is 38.8 Å². The molecule has 0 aliphatic heterocycles. The van der Waals surface area contributed by atoms with E-state index in [0.717, 1.165) is 24.4 Å². The molecule has 0 radical (unpaired) electrons. The van der Waals surface area contributed by atoms with E-state index < -0.39 is 0 Å². The lowest BCUT2D eigenvalue weighted by Gasteiger charge is -2.18. The fourth-order valence-corrected chi connectivity index (χ4v) is 1.89. The number of nitrogens with one attached hydrogen (secondary N) is 1. The Balaban J connectivity index is 2.53. The van der Waals surface area contributed by atoms with Crippen LogP contribution in [-0.4, -0.2) is 17.8 Å². The van der Waals surface area contributed by atoms with Crippen LogP contribution in [0.2, 0.25) is 5.02 Å². The minimum absolute atomic E-state index is 0.246. The SMILES string of the molecule is CCC(NCCC(C)O)c1cccc(Cl)c1. The largest absolute Gasteiger partial charge is 0.393 e. The van der Waals surface area contributed by atoms with Crippen LogP contribution in [0.4, 0.5) is 0 Å². The fraction of sp³-hybridized carbons (Fsp3) is 0.538. The molecule has 0 saturated carbocycles. The third kappa shape index (κ3) is 4.52. The molecule has 0 spiro atoms. The molecule has 2 nitrogen and oxygen atoms in total. The quantitative estimate of drug-likeness (QED) is 0.802. The molecule has 1 aromatic rings. The Labute approximate surface area is 103 Å². The van der Waals surface area contributed by atoms with Crippen LogP contribution in [0.3, 0.4) is 0 Å². The zero-order valence-electron chi connectivity index (χ0n) is 9.91. The highest BCUT2D eigenvalue weighted by atomic mass is 35.5. The number of aliphatic hydroxyl groups excluding tert-OH is 1. The third-order valence-corrected chi connectivity index (χ3v) is 2.85. The first-order chi connectivity index (χ1) is 7.63. The molecule has 0 fully saturated rings. The van der Waals surface area contributed by atoms with Gasteiger partial charge in [0, 0.05) is 11.1 Å². The first kappa shape index (κ1) is 13.5. The van der Waals surface area contributed by atoms with Crippen molar-refractivity contribution in [1.82, 2.24) is 5.32 Å². The van der Waals surface area contributed by atoms with Gasteiger partial charge in [-0.15, -0.1) is 0 Å². The summed E-state index contributed by atoms with van der Waals surface area (Å²) in [5.41, 5.74) is 1.21. The van der Waals surface area contributed by atoms with E-state index in [4.69, 9.17) is 11.6 Å². The fourth-order valence-electron chi connectivity index (χ4n) is 1.69. The highest BCUT2D eigenvalue weighted by Gasteiger charge is 2.08. The van der Waals surface area contributed by atoms with E-state index >= 15 is 0 Å². The summed E-state index contributed by atoms with van der Waals surface area (Å²) in [5, 5.41) is 13.4. The Bertz CT molecular complexity index is 315. The van der Waals surface area contributed by atoms with Gasteiger partial charge in [-0.3, -0.25) is 0 Å².